The average molecular weight is 485 g/mol. The molecule has 0 spiro atoms. The van der Waals surface area contributed by atoms with E-state index in [1.165, 1.54) is 6.07 Å². The van der Waals surface area contributed by atoms with E-state index in [0.717, 1.165) is 34.5 Å². The van der Waals surface area contributed by atoms with Crippen molar-refractivity contribution in [2.45, 2.75) is 38.5 Å². The molecule has 2 atom stereocenters. The summed E-state index contributed by atoms with van der Waals surface area (Å²) in [7, 11) is 0. The van der Waals surface area contributed by atoms with E-state index in [0.29, 0.717) is 29.7 Å². The fourth-order valence-electron chi connectivity index (χ4n) is 5.17. The number of anilines is 1. The number of aryl methyl sites for hydroxylation is 1. The number of carbonyl (C=O) groups is 2. The second kappa shape index (κ2) is 9.53. The summed E-state index contributed by atoms with van der Waals surface area (Å²) in [6, 6.07) is 20.7. The molecule has 4 nitrogen and oxygen atoms in total. The zero-order valence-corrected chi connectivity index (χ0v) is 20.1. The molecule has 0 aromatic heterocycles. The van der Waals surface area contributed by atoms with Crippen molar-refractivity contribution < 1.29 is 18.4 Å². The van der Waals surface area contributed by atoms with Crippen LogP contribution in [0.1, 0.15) is 48.3 Å². The summed E-state index contributed by atoms with van der Waals surface area (Å²) in [6.45, 7) is 3.76. The summed E-state index contributed by atoms with van der Waals surface area (Å²) in [4.78, 5) is 27.2. The highest BCUT2D eigenvalue weighted by molar-refractivity contribution is 6.10. The van der Waals surface area contributed by atoms with Gasteiger partial charge in [-0.25, -0.2) is 8.78 Å². The smallest absolute Gasteiger partial charge is 0.254 e. The lowest BCUT2D eigenvalue weighted by molar-refractivity contribution is -0.116. The number of halogens is 2. The van der Waals surface area contributed by atoms with Crippen molar-refractivity contribution in [2.24, 2.45) is 0 Å². The molecule has 3 aromatic rings. The Bertz CT molecular complexity index is 1410. The van der Waals surface area contributed by atoms with Crippen molar-refractivity contribution in [1.29, 1.82) is 0 Å². The number of allylic oxidation sites excluding steroid dienone is 3. The van der Waals surface area contributed by atoms with Gasteiger partial charge < -0.3 is 10.6 Å². The van der Waals surface area contributed by atoms with Gasteiger partial charge in [0.05, 0.1) is 5.69 Å². The van der Waals surface area contributed by atoms with Crippen LogP contribution in [0.4, 0.5) is 14.5 Å². The van der Waals surface area contributed by atoms with Gasteiger partial charge in [0, 0.05) is 40.9 Å². The Morgan fingerprint density at radius 1 is 0.917 bits per heavy atom. The third-order valence-electron chi connectivity index (χ3n) is 6.93. The average Bonchev–Trinajstić information content (AvgIpc) is 2.85. The van der Waals surface area contributed by atoms with E-state index in [1.807, 2.05) is 61.5 Å². The molecule has 2 N–H and O–H groups in total. The van der Waals surface area contributed by atoms with Crippen LogP contribution in [0.3, 0.4) is 0 Å². The standard InChI is InChI=1S/C30H26F2N2O2/c1-17-8-10-20(11-9-17)28-27(30(36)34-24-13-12-22(31)16-23(24)32)18(2)33-25-14-21(15-26(35)29(25)28)19-6-4-3-5-7-19/h3-13,16,21,28,33H,14-15H2,1-2H3,(H,34,36)/t21-,28+/m0/s1. The third-order valence-corrected chi connectivity index (χ3v) is 6.93. The van der Waals surface area contributed by atoms with Crippen molar-refractivity contribution in [3.63, 3.8) is 0 Å². The fourth-order valence-corrected chi connectivity index (χ4v) is 5.17. The second-order valence-electron chi connectivity index (χ2n) is 9.42. The van der Waals surface area contributed by atoms with Crippen LogP contribution < -0.4 is 10.6 Å². The Kier molecular flexibility index (Phi) is 6.27. The molecule has 36 heavy (non-hydrogen) atoms. The molecule has 5 rings (SSSR count). The van der Waals surface area contributed by atoms with E-state index in [1.54, 1.807) is 6.92 Å². The monoisotopic (exact) mass is 484 g/mol. The van der Waals surface area contributed by atoms with Crippen molar-refractivity contribution in [3.05, 3.63) is 124 Å². The van der Waals surface area contributed by atoms with Crippen molar-refractivity contribution >= 4 is 17.4 Å². The van der Waals surface area contributed by atoms with E-state index in [4.69, 9.17) is 0 Å². The lowest BCUT2D eigenvalue weighted by Crippen LogP contribution is -2.37. The lowest BCUT2D eigenvalue weighted by atomic mass is 9.71. The first-order valence-electron chi connectivity index (χ1n) is 11.9. The molecule has 1 aliphatic carbocycles. The molecule has 1 amide bonds. The number of nitrogens with one attached hydrogen (secondary N) is 2. The summed E-state index contributed by atoms with van der Waals surface area (Å²) in [5.74, 6) is -2.71. The van der Waals surface area contributed by atoms with Gasteiger partial charge >= 0.3 is 0 Å². The van der Waals surface area contributed by atoms with E-state index >= 15 is 0 Å². The molecule has 3 aromatic carbocycles. The number of benzene rings is 3. The minimum absolute atomic E-state index is 0.0195. The first-order chi connectivity index (χ1) is 17.3. The zero-order chi connectivity index (χ0) is 25.4. The molecule has 6 heteroatoms. The van der Waals surface area contributed by atoms with Gasteiger partial charge in [0.15, 0.2) is 5.78 Å². The van der Waals surface area contributed by atoms with Gasteiger partial charge in [-0.3, -0.25) is 9.59 Å². The number of rotatable bonds is 4. The van der Waals surface area contributed by atoms with E-state index in [2.05, 4.69) is 10.6 Å². The number of Topliss-reactive ketones (excluding diaryl/α,β-unsaturated/α-hetero) is 1. The number of dihydropyridines is 1. The van der Waals surface area contributed by atoms with Crippen LogP contribution in [0.25, 0.3) is 0 Å². The van der Waals surface area contributed by atoms with Gasteiger partial charge in [0.1, 0.15) is 11.6 Å². The summed E-state index contributed by atoms with van der Waals surface area (Å²) in [5.41, 5.74) is 5.17. The minimum Gasteiger partial charge on any atom is -0.362 e. The number of amides is 1. The molecule has 1 heterocycles. The number of carbonyl (C=O) groups excluding carboxylic acids is 2. The van der Waals surface area contributed by atoms with Crippen molar-refractivity contribution in [3.8, 4) is 0 Å². The predicted molar refractivity (Wildman–Crippen MR) is 135 cm³/mol. The summed E-state index contributed by atoms with van der Waals surface area (Å²) >= 11 is 0. The van der Waals surface area contributed by atoms with Gasteiger partial charge in [-0.15, -0.1) is 0 Å². The topological polar surface area (TPSA) is 58.2 Å². The Balaban J connectivity index is 1.56. The molecular formula is C30H26F2N2O2. The van der Waals surface area contributed by atoms with Crippen LogP contribution in [0.2, 0.25) is 0 Å². The van der Waals surface area contributed by atoms with E-state index < -0.39 is 23.5 Å². The SMILES string of the molecule is CC1=C(C(=O)Nc2ccc(F)cc2F)[C@@H](c2ccc(C)cc2)C2=C(C[C@H](c3ccccc3)CC2=O)N1. The van der Waals surface area contributed by atoms with E-state index in [9.17, 15) is 18.4 Å². The first-order valence-corrected chi connectivity index (χ1v) is 11.9. The Morgan fingerprint density at radius 2 is 1.64 bits per heavy atom. The van der Waals surface area contributed by atoms with Crippen LogP contribution in [-0.2, 0) is 9.59 Å². The third kappa shape index (κ3) is 4.47. The Hall–Kier alpha value is -4.06. The molecule has 0 fully saturated rings. The predicted octanol–water partition coefficient (Wildman–Crippen LogP) is 6.27. The fraction of sp³-hybridized carbons (Fsp3) is 0.200. The quantitative estimate of drug-likeness (QED) is 0.459. The van der Waals surface area contributed by atoms with Gasteiger partial charge in [-0.1, -0.05) is 60.2 Å². The van der Waals surface area contributed by atoms with Gasteiger partial charge in [0.2, 0.25) is 0 Å². The second-order valence-corrected chi connectivity index (χ2v) is 9.42. The van der Waals surface area contributed by atoms with Gasteiger partial charge in [-0.2, -0.15) is 0 Å². The zero-order valence-electron chi connectivity index (χ0n) is 20.1. The van der Waals surface area contributed by atoms with E-state index in [-0.39, 0.29) is 17.4 Å². The molecule has 2 aliphatic rings. The maximum atomic E-state index is 14.3. The van der Waals surface area contributed by atoms with Gasteiger partial charge in [0.25, 0.3) is 5.91 Å². The summed E-state index contributed by atoms with van der Waals surface area (Å²) in [6.07, 6.45) is 0.986. The number of ketones is 1. The number of hydrogen-bond donors (Lipinski definition) is 2. The van der Waals surface area contributed by atoms with Crippen LogP contribution in [0.15, 0.2) is 95.3 Å². The lowest BCUT2D eigenvalue weighted by Gasteiger charge is -2.37. The molecule has 0 bridgehead atoms. The maximum absolute atomic E-state index is 14.3. The molecule has 0 radical (unpaired) electrons. The normalized spacial score (nSPS) is 19.6. The van der Waals surface area contributed by atoms with Gasteiger partial charge in [-0.05, 0) is 49.4 Å². The summed E-state index contributed by atoms with van der Waals surface area (Å²) in [5, 5.41) is 5.91. The molecule has 0 saturated heterocycles. The highest BCUT2D eigenvalue weighted by Crippen LogP contribution is 2.45. The van der Waals surface area contributed by atoms with Crippen molar-refractivity contribution in [2.75, 3.05) is 5.32 Å². The van der Waals surface area contributed by atoms with Crippen LogP contribution in [0.5, 0.6) is 0 Å². The maximum Gasteiger partial charge on any atom is 0.254 e. The minimum atomic E-state index is -0.864. The van der Waals surface area contributed by atoms with Crippen LogP contribution in [-0.4, -0.2) is 11.7 Å². The Morgan fingerprint density at radius 3 is 2.33 bits per heavy atom. The highest BCUT2D eigenvalue weighted by Gasteiger charge is 2.41. The highest BCUT2D eigenvalue weighted by atomic mass is 19.1. The van der Waals surface area contributed by atoms with Crippen molar-refractivity contribution in [1.82, 2.24) is 5.32 Å². The first kappa shape index (κ1) is 23.7. The number of hydrogen-bond acceptors (Lipinski definition) is 3. The summed E-state index contributed by atoms with van der Waals surface area (Å²) < 4.78 is 27.7. The van der Waals surface area contributed by atoms with Crippen LogP contribution >= 0.6 is 0 Å². The van der Waals surface area contributed by atoms with Crippen LogP contribution in [0, 0.1) is 18.6 Å². The molecule has 182 valence electrons. The molecule has 0 saturated carbocycles. The molecular weight excluding hydrogens is 458 g/mol. The largest absolute Gasteiger partial charge is 0.362 e. The molecule has 1 aliphatic heterocycles. The molecule has 0 unspecified atom stereocenters. The Labute approximate surface area is 208 Å².